The molecule has 0 saturated carbocycles. The Morgan fingerprint density at radius 2 is 1.63 bits per heavy atom. The van der Waals surface area contributed by atoms with Gasteiger partial charge in [-0.3, -0.25) is 0 Å². The minimum Gasteiger partial charge on any atom is -0.494 e. The van der Waals surface area contributed by atoms with E-state index in [0.717, 1.165) is 28.5 Å². The topological polar surface area (TPSA) is 51.8 Å². The van der Waals surface area contributed by atoms with E-state index in [1.807, 2.05) is 63.2 Å². The van der Waals surface area contributed by atoms with E-state index in [0.29, 0.717) is 24.9 Å². The highest BCUT2D eigenvalue weighted by molar-refractivity contribution is 7.80. The van der Waals surface area contributed by atoms with Gasteiger partial charge < -0.3 is 24.8 Å². The number of anilines is 1. The van der Waals surface area contributed by atoms with Crippen molar-refractivity contribution < 1.29 is 14.2 Å². The lowest BCUT2D eigenvalue weighted by Crippen LogP contribution is -2.30. The van der Waals surface area contributed by atoms with Gasteiger partial charge in [0.25, 0.3) is 0 Å². The quantitative estimate of drug-likeness (QED) is 0.594. The van der Waals surface area contributed by atoms with Crippen molar-refractivity contribution in [2.24, 2.45) is 0 Å². The van der Waals surface area contributed by atoms with Crippen LogP contribution < -0.4 is 24.8 Å². The summed E-state index contributed by atoms with van der Waals surface area (Å²) in [5.41, 5.74) is 1.95. The first-order valence-corrected chi connectivity index (χ1v) is 9.68. The molecule has 2 rings (SSSR count). The minimum absolute atomic E-state index is 0.00922. The Bertz CT molecular complexity index is 752. The second-order valence-electron chi connectivity index (χ2n) is 5.85. The van der Waals surface area contributed by atoms with Crippen LogP contribution in [0.15, 0.2) is 42.5 Å². The van der Waals surface area contributed by atoms with Crippen molar-refractivity contribution in [3.8, 4) is 17.2 Å². The second-order valence-corrected chi connectivity index (χ2v) is 6.26. The van der Waals surface area contributed by atoms with Gasteiger partial charge in [0.05, 0.1) is 25.9 Å². The van der Waals surface area contributed by atoms with Gasteiger partial charge in [0, 0.05) is 11.8 Å². The van der Waals surface area contributed by atoms with Crippen molar-refractivity contribution in [1.82, 2.24) is 5.32 Å². The van der Waals surface area contributed by atoms with Gasteiger partial charge in [-0.05, 0) is 69.7 Å². The lowest BCUT2D eigenvalue weighted by Gasteiger charge is -2.19. The van der Waals surface area contributed by atoms with Crippen LogP contribution in [0.5, 0.6) is 17.2 Å². The molecule has 0 aliphatic carbocycles. The lowest BCUT2D eigenvalue weighted by atomic mass is 10.1. The monoisotopic (exact) mass is 388 g/mol. The van der Waals surface area contributed by atoms with Gasteiger partial charge in [-0.15, -0.1) is 0 Å². The molecule has 0 aromatic heterocycles. The first-order chi connectivity index (χ1) is 13.1. The molecule has 0 heterocycles. The average Bonchev–Trinajstić information content (AvgIpc) is 2.64. The van der Waals surface area contributed by atoms with E-state index >= 15 is 0 Å². The third-order valence-electron chi connectivity index (χ3n) is 3.82. The summed E-state index contributed by atoms with van der Waals surface area (Å²) in [4.78, 5) is 0. The SMILES string of the molecule is CCOc1cccc(NC(=S)N[C@@H](C)c2ccc(OCC)c(OCC)c2)c1. The molecule has 2 aromatic carbocycles. The number of hydrogen-bond acceptors (Lipinski definition) is 4. The van der Waals surface area contributed by atoms with Crippen LogP contribution in [0.3, 0.4) is 0 Å². The molecule has 0 aliphatic heterocycles. The smallest absolute Gasteiger partial charge is 0.171 e. The number of thiocarbonyl (C=S) groups is 1. The maximum atomic E-state index is 5.70. The molecule has 146 valence electrons. The summed E-state index contributed by atoms with van der Waals surface area (Å²) in [6, 6.07) is 13.7. The molecule has 0 bridgehead atoms. The van der Waals surface area contributed by atoms with Crippen LogP contribution in [0, 0.1) is 0 Å². The minimum atomic E-state index is 0.00922. The fraction of sp³-hybridized carbons (Fsp3) is 0.381. The first-order valence-electron chi connectivity index (χ1n) is 9.27. The molecule has 1 atom stereocenters. The molecule has 0 radical (unpaired) electrons. The zero-order chi connectivity index (χ0) is 19.6. The van der Waals surface area contributed by atoms with Gasteiger partial charge in [-0.2, -0.15) is 0 Å². The molecule has 0 unspecified atom stereocenters. The molecule has 0 fully saturated rings. The lowest BCUT2D eigenvalue weighted by molar-refractivity contribution is 0.287. The van der Waals surface area contributed by atoms with Gasteiger partial charge in [0.15, 0.2) is 16.6 Å². The van der Waals surface area contributed by atoms with Crippen molar-refractivity contribution in [1.29, 1.82) is 0 Å². The summed E-state index contributed by atoms with van der Waals surface area (Å²) in [7, 11) is 0. The second kappa shape index (κ2) is 10.6. The maximum absolute atomic E-state index is 5.70. The van der Waals surface area contributed by atoms with Crippen molar-refractivity contribution in [2.75, 3.05) is 25.1 Å². The molecule has 0 spiro atoms. The highest BCUT2D eigenvalue weighted by Crippen LogP contribution is 2.30. The maximum Gasteiger partial charge on any atom is 0.171 e. The molecule has 0 aliphatic rings. The highest BCUT2D eigenvalue weighted by Gasteiger charge is 2.12. The number of benzene rings is 2. The Balaban J connectivity index is 2.03. The van der Waals surface area contributed by atoms with Gasteiger partial charge in [0.2, 0.25) is 0 Å². The molecular formula is C21H28N2O3S. The Morgan fingerprint density at radius 3 is 2.33 bits per heavy atom. The largest absolute Gasteiger partial charge is 0.494 e. The molecular weight excluding hydrogens is 360 g/mol. The summed E-state index contributed by atoms with van der Waals surface area (Å²) in [5.74, 6) is 2.31. The van der Waals surface area contributed by atoms with E-state index in [1.54, 1.807) is 0 Å². The molecule has 2 N–H and O–H groups in total. The number of nitrogens with one attached hydrogen (secondary N) is 2. The third kappa shape index (κ3) is 6.32. The normalized spacial score (nSPS) is 11.4. The van der Waals surface area contributed by atoms with Crippen LogP contribution in [-0.2, 0) is 0 Å². The van der Waals surface area contributed by atoms with E-state index < -0.39 is 0 Å². The van der Waals surface area contributed by atoms with E-state index in [2.05, 4.69) is 17.6 Å². The molecule has 0 saturated heterocycles. The van der Waals surface area contributed by atoms with Crippen LogP contribution in [0.25, 0.3) is 0 Å². The first kappa shape index (κ1) is 20.8. The van der Waals surface area contributed by atoms with Gasteiger partial charge in [-0.25, -0.2) is 0 Å². The Hall–Kier alpha value is -2.47. The van der Waals surface area contributed by atoms with Crippen LogP contribution in [0.1, 0.15) is 39.3 Å². The summed E-state index contributed by atoms with van der Waals surface area (Å²) < 4.78 is 16.8. The van der Waals surface area contributed by atoms with E-state index in [1.165, 1.54) is 0 Å². The average molecular weight is 389 g/mol. The van der Waals surface area contributed by atoms with Crippen LogP contribution in [0.4, 0.5) is 5.69 Å². The van der Waals surface area contributed by atoms with Crippen molar-refractivity contribution in [3.63, 3.8) is 0 Å². The predicted octanol–water partition coefficient (Wildman–Crippen LogP) is 4.93. The summed E-state index contributed by atoms with van der Waals surface area (Å²) in [5, 5.41) is 7.04. The molecule has 2 aromatic rings. The van der Waals surface area contributed by atoms with Crippen molar-refractivity contribution in [3.05, 3.63) is 48.0 Å². The Kier molecular flexibility index (Phi) is 8.20. The molecule has 27 heavy (non-hydrogen) atoms. The summed E-state index contributed by atoms with van der Waals surface area (Å²) in [6.07, 6.45) is 0. The highest BCUT2D eigenvalue weighted by atomic mass is 32.1. The van der Waals surface area contributed by atoms with Gasteiger partial charge in [0.1, 0.15) is 5.75 Å². The van der Waals surface area contributed by atoms with E-state index in [9.17, 15) is 0 Å². The van der Waals surface area contributed by atoms with Gasteiger partial charge in [-0.1, -0.05) is 12.1 Å². The fourth-order valence-electron chi connectivity index (χ4n) is 2.61. The van der Waals surface area contributed by atoms with Crippen LogP contribution >= 0.6 is 12.2 Å². The standard InChI is InChI=1S/C21H28N2O3S/c1-5-24-18-10-8-9-17(14-18)23-21(27)22-15(4)16-11-12-19(25-6-2)20(13-16)26-7-3/h8-15H,5-7H2,1-4H3,(H2,22,23,27)/t15-/m0/s1. The third-order valence-corrected chi connectivity index (χ3v) is 4.04. The number of ether oxygens (including phenoxy) is 3. The Labute approximate surface area is 167 Å². The summed E-state index contributed by atoms with van der Waals surface area (Å²) >= 11 is 5.45. The molecule has 0 amide bonds. The zero-order valence-corrected chi connectivity index (χ0v) is 17.2. The zero-order valence-electron chi connectivity index (χ0n) is 16.4. The number of hydrogen-bond donors (Lipinski definition) is 2. The number of rotatable bonds is 9. The van der Waals surface area contributed by atoms with Crippen LogP contribution in [-0.4, -0.2) is 24.9 Å². The van der Waals surface area contributed by atoms with E-state index in [4.69, 9.17) is 26.4 Å². The van der Waals surface area contributed by atoms with E-state index in [-0.39, 0.29) is 6.04 Å². The van der Waals surface area contributed by atoms with Crippen molar-refractivity contribution >= 4 is 23.0 Å². The fourth-order valence-corrected chi connectivity index (χ4v) is 2.91. The Morgan fingerprint density at radius 1 is 0.926 bits per heavy atom. The van der Waals surface area contributed by atoms with Crippen molar-refractivity contribution in [2.45, 2.75) is 33.7 Å². The summed E-state index contributed by atoms with van der Waals surface area (Å²) in [6.45, 7) is 9.74. The predicted molar refractivity (Wildman–Crippen MR) is 114 cm³/mol. The van der Waals surface area contributed by atoms with Crippen LogP contribution in [0.2, 0.25) is 0 Å². The van der Waals surface area contributed by atoms with Gasteiger partial charge >= 0.3 is 0 Å². The molecule has 6 heteroatoms. The molecule has 5 nitrogen and oxygen atoms in total.